The number of H-pyrrole nitrogens is 1. The molecule has 1 heterocycles. The normalized spacial score (nSPS) is 10.7. The zero-order valence-corrected chi connectivity index (χ0v) is 11.7. The molecule has 0 spiro atoms. The van der Waals surface area contributed by atoms with Crippen LogP contribution in [0.25, 0.3) is 5.69 Å². The minimum Gasteiger partial charge on any atom is -0.271 e. The molecule has 16 heavy (non-hydrogen) atoms. The highest BCUT2D eigenvalue weighted by atomic mass is 79.9. The summed E-state index contributed by atoms with van der Waals surface area (Å²) in [4.78, 5) is 0. The van der Waals surface area contributed by atoms with Crippen molar-refractivity contribution in [3.63, 3.8) is 0 Å². The van der Waals surface area contributed by atoms with Crippen molar-refractivity contribution in [3.05, 3.63) is 38.3 Å². The molecule has 3 nitrogen and oxygen atoms in total. The highest BCUT2D eigenvalue weighted by Crippen LogP contribution is 2.25. The predicted molar refractivity (Wildman–Crippen MR) is 70.8 cm³/mol. The Kier molecular flexibility index (Phi) is 3.47. The van der Waals surface area contributed by atoms with Gasteiger partial charge in [-0.2, -0.15) is 5.10 Å². The summed E-state index contributed by atoms with van der Waals surface area (Å²) in [5.41, 5.74) is 0.848. The Balaban J connectivity index is 2.67. The number of halogens is 2. The second-order valence-corrected chi connectivity index (χ2v) is 4.94. The molecule has 0 radical (unpaired) electrons. The Labute approximate surface area is 112 Å². The molecule has 0 fully saturated rings. The average molecular weight is 319 g/mol. The van der Waals surface area contributed by atoms with E-state index in [-0.39, 0.29) is 0 Å². The molecule has 0 aliphatic carbocycles. The van der Waals surface area contributed by atoms with Crippen molar-refractivity contribution in [1.82, 2.24) is 14.8 Å². The molecule has 1 aromatic carbocycles. The molecule has 6 heteroatoms. The summed E-state index contributed by atoms with van der Waals surface area (Å²) in [6.45, 7) is 2.02. The number of aromatic amines is 1. The number of hydrogen-bond acceptors (Lipinski definition) is 2. The minimum absolute atomic E-state index is 0.557. The Bertz CT molecular complexity index is 576. The Hall–Kier alpha value is -0.650. The van der Waals surface area contributed by atoms with Crippen molar-refractivity contribution >= 4 is 39.7 Å². The first-order valence-corrected chi connectivity index (χ1v) is 6.33. The molecule has 0 saturated carbocycles. The lowest BCUT2D eigenvalue weighted by Gasteiger charge is -2.07. The lowest BCUT2D eigenvalue weighted by Crippen LogP contribution is -2.00. The monoisotopic (exact) mass is 317 g/mol. The standard InChI is InChI=1S/C10H9BrClN3S/c1-2-9-13-14-10(16)15(9)8-4-3-6(11)5-7(8)12/h3-5H,2H2,1H3,(H,14,16). The van der Waals surface area contributed by atoms with Gasteiger partial charge in [-0.25, -0.2) is 0 Å². The molecule has 0 bridgehead atoms. The SMILES string of the molecule is CCc1n[nH]c(=S)n1-c1ccc(Br)cc1Cl. The molecule has 1 aromatic heterocycles. The van der Waals surface area contributed by atoms with Crippen molar-refractivity contribution in [2.24, 2.45) is 0 Å². The highest BCUT2D eigenvalue weighted by Gasteiger charge is 2.09. The third kappa shape index (κ3) is 2.07. The van der Waals surface area contributed by atoms with Gasteiger partial charge in [0.2, 0.25) is 0 Å². The van der Waals surface area contributed by atoms with Crippen LogP contribution in [0.5, 0.6) is 0 Å². The van der Waals surface area contributed by atoms with Crippen LogP contribution in [-0.4, -0.2) is 14.8 Å². The van der Waals surface area contributed by atoms with E-state index < -0.39 is 0 Å². The molecule has 2 rings (SSSR count). The number of benzene rings is 1. The molecule has 0 aliphatic rings. The smallest absolute Gasteiger partial charge is 0.199 e. The molecular weight excluding hydrogens is 310 g/mol. The summed E-state index contributed by atoms with van der Waals surface area (Å²) in [6.07, 6.45) is 0.791. The van der Waals surface area contributed by atoms with Gasteiger partial charge in [-0.1, -0.05) is 34.5 Å². The van der Waals surface area contributed by atoms with Crippen LogP contribution in [0.2, 0.25) is 5.02 Å². The topological polar surface area (TPSA) is 33.6 Å². The summed E-state index contributed by atoms with van der Waals surface area (Å²) in [6, 6.07) is 5.68. The van der Waals surface area contributed by atoms with Crippen LogP contribution in [-0.2, 0) is 6.42 Å². The van der Waals surface area contributed by atoms with Crippen LogP contribution in [0.3, 0.4) is 0 Å². The fourth-order valence-corrected chi connectivity index (χ4v) is 2.49. The molecule has 84 valence electrons. The van der Waals surface area contributed by atoms with Gasteiger partial charge in [0.15, 0.2) is 4.77 Å². The van der Waals surface area contributed by atoms with Crippen LogP contribution < -0.4 is 0 Å². The molecule has 0 atom stereocenters. The third-order valence-corrected chi connectivity index (χ3v) is 3.28. The predicted octanol–water partition coefficient (Wildman–Crippen LogP) is 3.91. The second kappa shape index (κ2) is 4.69. The molecule has 0 aliphatic heterocycles. The first-order chi connectivity index (χ1) is 7.63. The molecule has 2 aromatic rings. The maximum absolute atomic E-state index is 6.18. The van der Waals surface area contributed by atoms with E-state index in [9.17, 15) is 0 Å². The van der Waals surface area contributed by atoms with E-state index in [1.165, 1.54) is 0 Å². The zero-order chi connectivity index (χ0) is 11.7. The number of nitrogens with one attached hydrogen (secondary N) is 1. The van der Waals surface area contributed by atoms with E-state index in [1.54, 1.807) is 0 Å². The number of aromatic nitrogens is 3. The minimum atomic E-state index is 0.557. The van der Waals surface area contributed by atoms with Gasteiger partial charge in [0.05, 0.1) is 10.7 Å². The van der Waals surface area contributed by atoms with Gasteiger partial charge in [0.1, 0.15) is 5.82 Å². The second-order valence-electron chi connectivity index (χ2n) is 3.23. The Morgan fingerprint density at radius 1 is 1.56 bits per heavy atom. The van der Waals surface area contributed by atoms with Crippen LogP contribution in [0.1, 0.15) is 12.7 Å². The third-order valence-electron chi connectivity index (χ3n) is 2.21. The lowest BCUT2D eigenvalue weighted by atomic mass is 10.3. The number of aryl methyl sites for hydroxylation is 1. The summed E-state index contributed by atoms with van der Waals surface area (Å²) < 4.78 is 3.35. The first kappa shape index (κ1) is 11.8. The fourth-order valence-electron chi connectivity index (χ4n) is 1.48. The van der Waals surface area contributed by atoms with Gasteiger partial charge in [0.25, 0.3) is 0 Å². The Morgan fingerprint density at radius 2 is 2.31 bits per heavy atom. The summed E-state index contributed by atoms with van der Waals surface area (Å²) >= 11 is 14.7. The van der Waals surface area contributed by atoms with Gasteiger partial charge in [-0.15, -0.1) is 0 Å². The van der Waals surface area contributed by atoms with Gasteiger partial charge < -0.3 is 0 Å². The van der Waals surface area contributed by atoms with Crippen molar-refractivity contribution in [1.29, 1.82) is 0 Å². The van der Waals surface area contributed by atoms with E-state index >= 15 is 0 Å². The number of rotatable bonds is 2. The van der Waals surface area contributed by atoms with Crippen LogP contribution in [0, 0.1) is 4.77 Å². The van der Waals surface area contributed by atoms with Crippen LogP contribution in [0.15, 0.2) is 22.7 Å². The quantitative estimate of drug-likeness (QED) is 0.852. The van der Waals surface area contributed by atoms with E-state index in [2.05, 4.69) is 26.1 Å². The van der Waals surface area contributed by atoms with Gasteiger partial charge in [-0.3, -0.25) is 9.67 Å². The highest BCUT2D eigenvalue weighted by molar-refractivity contribution is 9.10. The van der Waals surface area contributed by atoms with E-state index in [1.807, 2.05) is 29.7 Å². The number of hydrogen-bond donors (Lipinski definition) is 1. The van der Waals surface area contributed by atoms with Gasteiger partial charge in [0, 0.05) is 10.9 Å². The molecule has 1 N–H and O–H groups in total. The van der Waals surface area contributed by atoms with Crippen molar-refractivity contribution in [2.75, 3.05) is 0 Å². The van der Waals surface area contributed by atoms with Crippen LogP contribution >= 0.6 is 39.7 Å². The van der Waals surface area contributed by atoms with Crippen LogP contribution in [0.4, 0.5) is 0 Å². The Morgan fingerprint density at radius 3 is 2.94 bits per heavy atom. The largest absolute Gasteiger partial charge is 0.271 e. The van der Waals surface area contributed by atoms with Gasteiger partial charge >= 0.3 is 0 Å². The van der Waals surface area contributed by atoms with E-state index in [4.69, 9.17) is 23.8 Å². The molecule has 0 unspecified atom stereocenters. The lowest BCUT2D eigenvalue weighted by molar-refractivity contribution is 0.880. The maximum atomic E-state index is 6.18. The van der Waals surface area contributed by atoms with Crippen molar-refractivity contribution in [3.8, 4) is 5.69 Å². The summed E-state index contributed by atoms with van der Waals surface area (Å²) in [5, 5.41) is 7.56. The van der Waals surface area contributed by atoms with E-state index in [0.717, 1.165) is 22.4 Å². The first-order valence-electron chi connectivity index (χ1n) is 4.75. The van der Waals surface area contributed by atoms with Gasteiger partial charge in [-0.05, 0) is 30.4 Å². The van der Waals surface area contributed by atoms with E-state index in [0.29, 0.717) is 9.79 Å². The average Bonchev–Trinajstić information content (AvgIpc) is 2.60. The molecule has 0 amide bonds. The van der Waals surface area contributed by atoms with Crippen molar-refractivity contribution in [2.45, 2.75) is 13.3 Å². The maximum Gasteiger partial charge on any atom is 0.199 e. The molecular formula is C10H9BrClN3S. The number of nitrogens with zero attached hydrogens (tertiary/aromatic N) is 2. The summed E-state index contributed by atoms with van der Waals surface area (Å²) in [7, 11) is 0. The fraction of sp³-hybridized carbons (Fsp3) is 0.200. The summed E-state index contributed by atoms with van der Waals surface area (Å²) in [5.74, 6) is 0.870. The van der Waals surface area contributed by atoms with Crippen molar-refractivity contribution < 1.29 is 0 Å². The zero-order valence-electron chi connectivity index (χ0n) is 8.50. The molecule has 0 saturated heterocycles.